The van der Waals surface area contributed by atoms with Crippen molar-refractivity contribution in [1.29, 1.82) is 0 Å². The molecule has 0 spiro atoms. The molecule has 1 fully saturated rings. The molecule has 0 bridgehead atoms. The zero-order valence-electron chi connectivity index (χ0n) is 13.8. The molecule has 1 aromatic carbocycles. The Hall–Kier alpha value is -0.470. The lowest BCUT2D eigenvalue weighted by molar-refractivity contribution is 0.357. The van der Waals surface area contributed by atoms with Crippen LogP contribution in [0.3, 0.4) is 0 Å². The Kier molecular flexibility index (Phi) is 7.12. The van der Waals surface area contributed by atoms with Gasteiger partial charge in [-0.25, -0.2) is 0 Å². The molecule has 0 aliphatic heterocycles. The largest absolute Gasteiger partial charge is 0.313 e. The van der Waals surface area contributed by atoms with Crippen LogP contribution in [0.5, 0.6) is 0 Å². The molecule has 2 rings (SSSR count). The van der Waals surface area contributed by atoms with Gasteiger partial charge < -0.3 is 5.32 Å². The second-order valence-electron chi connectivity index (χ2n) is 6.47. The molecule has 0 amide bonds. The van der Waals surface area contributed by atoms with E-state index in [0.717, 1.165) is 23.6 Å². The molecule has 4 unspecified atom stereocenters. The van der Waals surface area contributed by atoms with E-state index in [4.69, 9.17) is 0 Å². The van der Waals surface area contributed by atoms with Crippen molar-refractivity contribution in [1.82, 2.24) is 5.32 Å². The Balaban J connectivity index is 1.97. The Morgan fingerprint density at radius 2 is 1.95 bits per heavy atom. The summed E-state index contributed by atoms with van der Waals surface area (Å²) in [6, 6.07) is 11.8. The number of thioether (sulfide) groups is 1. The summed E-state index contributed by atoms with van der Waals surface area (Å²) in [7, 11) is 0. The van der Waals surface area contributed by atoms with Gasteiger partial charge >= 0.3 is 0 Å². The van der Waals surface area contributed by atoms with Crippen molar-refractivity contribution in [2.75, 3.05) is 12.3 Å². The maximum atomic E-state index is 3.73. The number of rotatable bonds is 7. The van der Waals surface area contributed by atoms with E-state index < -0.39 is 0 Å². The quantitative estimate of drug-likeness (QED) is 0.754. The van der Waals surface area contributed by atoms with Crippen molar-refractivity contribution in [2.24, 2.45) is 5.92 Å². The minimum atomic E-state index is 0.712. The molecule has 0 saturated heterocycles. The van der Waals surface area contributed by atoms with E-state index in [0.29, 0.717) is 6.04 Å². The first-order valence-electron chi connectivity index (χ1n) is 8.64. The lowest BCUT2D eigenvalue weighted by atomic mass is 9.81. The molecule has 4 atom stereocenters. The highest BCUT2D eigenvalue weighted by atomic mass is 32.2. The smallest absolute Gasteiger partial charge is 0.0207 e. The number of nitrogens with one attached hydrogen (secondary N) is 1. The first-order valence-corrected chi connectivity index (χ1v) is 9.69. The van der Waals surface area contributed by atoms with Gasteiger partial charge in [0.1, 0.15) is 0 Å². The van der Waals surface area contributed by atoms with Gasteiger partial charge in [0, 0.05) is 11.3 Å². The Labute approximate surface area is 135 Å². The van der Waals surface area contributed by atoms with Gasteiger partial charge in [-0.3, -0.25) is 0 Å². The molecule has 0 aromatic heterocycles. The van der Waals surface area contributed by atoms with Crippen LogP contribution in [0, 0.1) is 5.92 Å². The summed E-state index contributed by atoms with van der Waals surface area (Å²) >= 11 is 2.21. The molecule has 1 aliphatic carbocycles. The monoisotopic (exact) mass is 305 g/mol. The second kappa shape index (κ2) is 8.85. The predicted octanol–water partition coefficient (Wildman–Crippen LogP) is 5.08. The summed E-state index contributed by atoms with van der Waals surface area (Å²) < 4.78 is 0. The molecule has 0 radical (unpaired) electrons. The van der Waals surface area contributed by atoms with Crippen LogP contribution < -0.4 is 5.32 Å². The van der Waals surface area contributed by atoms with Crippen molar-refractivity contribution < 1.29 is 0 Å². The van der Waals surface area contributed by atoms with E-state index in [1.54, 1.807) is 5.56 Å². The van der Waals surface area contributed by atoms with Crippen LogP contribution in [0.2, 0.25) is 0 Å². The van der Waals surface area contributed by atoms with Gasteiger partial charge in [-0.2, -0.15) is 11.8 Å². The maximum absolute atomic E-state index is 3.73. The highest BCUT2D eigenvalue weighted by Crippen LogP contribution is 2.38. The fraction of sp³-hybridized carbons (Fsp3) is 0.684. The molecule has 2 heteroatoms. The van der Waals surface area contributed by atoms with Crippen LogP contribution >= 0.6 is 11.8 Å². The minimum Gasteiger partial charge on any atom is -0.313 e. The summed E-state index contributed by atoms with van der Waals surface area (Å²) in [4.78, 5) is 0. The Bertz CT molecular complexity index is 392. The standard InChI is InChI=1S/C19H31NS/c1-4-15(3)14-21-19-13-17(11-12-18(19)20-5-2)16-9-7-6-8-10-16/h6-10,15,17-20H,4-5,11-14H2,1-3H3. The summed E-state index contributed by atoms with van der Waals surface area (Å²) in [5, 5.41) is 4.50. The van der Waals surface area contributed by atoms with E-state index in [2.05, 4.69) is 68.2 Å². The average Bonchev–Trinajstić information content (AvgIpc) is 2.54. The van der Waals surface area contributed by atoms with Crippen LogP contribution in [-0.4, -0.2) is 23.6 Å². The van der Waals surface area contributed by atoms with E-state index in [-0.39, 0.29) is 0 Å². The molecule has 1 nitrogen and oxygen atoms in total. The molecule has 0 heterocycles. The van der Waals surface area contributed by atoms with Gasteiger partial charge in [0.2, 0.25) is 0 Å². The first kappa shape index (κ1) is 16.9. The van der Waals surface area contributed by atoms with Crippen molar-refractivity contribution in [3.05, 3.63) is 35.9 Å². The molecule has 1 aliphatic rings. The first-order chi connectivity index (χ1) is 10.2. The van der Waals surface area contributed by atoms with Crippen LogP contribution in [0.25, 0.3) is 0 Å². The number of benzene rings is 1. The average molecular weight is 306 g/mol. The van der Waals surface area contributed by atoms with Gasteiger partial charge in [-0.1, -0.05) is 57.5 Å². The third-order valence-corrected chi connectivity index (χ3v) is 6.53. The van der Waals surface area contributed by atoms with Crippen LogP contribution in [0.15, 0.2) is 30.3 Å². The molecule has 118 valence electrons. The van der Waals surface area contributed by atoms with Crippen LogP contribution in [0.1, 0.15) is 57.9 Å². The van der Waals surface area contributed by atoms with E-state index >= 15 is 0 Å². The van der Waals surface area contributed by atoms with Crippen LogP contribution in [0.4, 0.5) is 0 Å². The van der Waals surface area contributed by atoms with Gasteiger partial charge in [0.05, 0.1) is 0 Å². The molecule has 1 aromatic rings. The summed E-state index contributed by atoms with van der Waals surface area (Å²) in [6.07, 6.45) is 5.30. The highest BCUT2D eigenvalue weighted by molar-refractivity contribution is 7.99. The fourth-order valence-electron chi connectivity index (χ4n) is 3.24. The highest BCUT2D eigenvalue weighted by Gasteiger charge is 2.31. The summed E-state index contributed by atoms with van der Waals surface area (Å²) in [5.41, 5.74) is 1.54. The third-order valence-electron chi connectivity index (χ3n) is 4.82. The summed E-state index contributed by atoms with van der Waals surface area (Å²) in [6.45, 7) is 8.02. The SMILES string of the molecule is CCNC1CCC(c2ccccc2)CC1SCC(C)CC. The van der Waals surface area contributed by atoms with E-state index in [9.17, 15) is 0 Å². The number of hydrogen-bond donors (Lipinski definition) is 1. The fourth-order valence-corrected chi connectivity index (χ4v) is 4.89. The second-order valence-corrected chi connectivity index (χ2v) is 7.74. The molecular formula is C19H31NS. The van der Waals surface area contributed by atoms with Crippen molar-refractivity contribution in [3.63, 3.8) is 0 Å². The molecule has 1 N–H and O–H groups in total. The maximum Gasteiger partial charge on any atom is 0.0207 e. The van der Waals surface area contributed by atoms with Crippen molar-refractivity contribution >= 4 is 11.8 Å². The Morgan fingerprint density at radius 3 is 2.62 bits per heavy atom. The topological polar surface area (TPSA) is 12.0 Å². The minimum absolute atomic E-state index is 0.712. The Morgan fingerprint density at radius 1 is 1.19 bits per heavy atom. The van der Waals surface area contributed by atoms with Crippen molar-refractivity contribution in [2.45, 2.75) is 63.7 Å². The lowest BCUT2D eigenvalue weighted by Crippen LogP contribution is -2.42. The van der Waals surface area contributed by atoms with E-state index in [1.165, 1.54) is 31.4 Å². The van der Waals surface area contributed by atoms with Crippen molar-refractivity contribution in [3.8, 4) is 0 Å². The zero-order valence-corrected chi connectivity index (χ0v) is 14.7. The predicted molar refractivity (Wildman–Crippen MR) is 96.2 cm³/mol. The molecule has 1 saturated carbocycles. The molecule has 21 heavy (non-hydrogen) atoms. The van der Waals surface area contributed by atoms with Gasteiger partial charge in [-0.15, -0.1) is 0 Å². The summed E-state index contributed by atoms with van der Waals surface area (Å²) in [5.74, 6) is 2.91. The molecular weight excluding hydrogens is 274 g/mol. The van der Waals surface area contributed by atoms with E-state index in [1.807, 2.05) is 0 Å². The lowest BCUT2D eigenvalue weighted by Gasteiger charge is -2.37. The van der Waals surface area contributed by atoms with Gasteiger partial charge in [-0.05, 0) is 49.0 Å². The van der Waals surface area contributed by atoms with Gasteiger partial charge in [0.25, 0.3) is 0 Å². The van der Waals surface area contributed by atoms with Gasteiger partial charge in [0.15, 0.2) is 0 Å². The van der Waals surface area contributed by atoms with Crippen LogP contribution in [-0.2, 0) is 0 Å². The number of hydrogen-bond acceptors (Lipinski definition) is 2. The normalized spacial score (nSPS) is 27.5. The third kappa shape index (κ3) is 5.03. The zero-order chi connectivity index (χ0) is 15.1.